The van der Waals surface area contributed by atoms with Crippen LogP contribution in [0.3, 0.4) is 0 Å². The van der Waals surface area contributed by atoms with Gasteiger partial charge >= 0.3 is 0 Å². The number of hydrogen-bond donors (Lipinski definition) is 1. The standard InChI is InChI=1S/C7H7ClN2O4S/c1-4-5(8)2-3-6(15(9,13)14)7(4)10(11)12/h2-3H,1H3,(H2,9,13,14). The van der Waals surface area contributed by atoms with Gasteiger partial charge < -0.3 is 0 Å². The number of halogens is 1. The zero-order valence-corrected chi connectivity index (χ0v) is 9.17. The molecule has 0 aromatic heterocycles. The summed E-state index contributed by atoms with van der Waals surface area (Å²) in [5.74, 6) is 0. The third-order valence-corrected chi connectivity index (χ3v) is 3.17. The van der Waals surface area contributed by atoms with Crippen LogP contribution in [-0.2, 0) is 10.0 Å². The van der Waals surface area contributed by atoms with Crippen molar-refractivity contribution in [2.45, 2.75) is 11.8 Å². The van der Waals surface area contributed by atoms with Crippen LogP contribution in [0.5, 0.6) is 0 Å². The fourth-order valence-electron chi connectivity index (χ4n) is 1.11. The van der Waals surface area contributed by atoms with Crippen LogP contribution in [-0.4, -0.2) is 13.3 Å². The van der Waals surface area contributed by atoms with Gasteiger partial charge in [0.15, 0.2) is 4.90 Å². The van der Waals surface area contributed by atoms with Crippen LogP contribution < -0.4 is 5.14 Å². The van der Waals surface area contributed by atoms with E-state index in [1.807, 2.05) is 0 Å². The minimum absolute atomic E-state index is 0.0770. The zero-order chi connectivity index (χ0) is 11.8. The highest BCUT2D eigenvalue weighted by Crippen LogP contribution is 2.31. The molecule has 0 aliphatic heterocycles. The minimum atomic E-state index is -4.12. The molecule has 1 rings (SSSR count). The molecule has 0 unspecified atom stereocenters. The molecule has 0 bridgehead atoms. The number of nitrogens with two attached hydrogens (primary N) is 1. The fourth-order valence-corrected chi connectivity index (χ4v) is 2.01. The van der Waals surface area contributed by atoms with Crippen molar-refractivity contribution in [3.63, 3.8) is 0 Å². The van der Waals surface area contributed by atoms with Crippen molar-refractivity contribution < 1.29 is 13.3 Å². The molecule has 0 radical (unpaired) electrons. The number of hydrogen-bond acceptors (Lipinski definition) is 4. The molecule has 0 atom stereocenters. The van der Waals surface area contributed by atoms with Gasteiger partial charge in [-0.1, -0.05) is 11.6 Å². The Balaban J connectivity index is 3.70. The molecule has 0 aliphatic rings. The van der Waals surface area contributed by atoms with Gasteiger partial charge in [-0.2, -0.15) is 0 Å². The Morgan fingerprint density at radius 2 is 2.00 bits per heavy atom. The molecule has 0 heterocycles. The maximum Gasteiger partial charge on any atom is 0.293 e. The molecule has 0 spiro atoms. The predicted molar refractivity (Wildman–Crippen MR) is 54.2 cm³/mol. The van der Waals surface area contributed by atoms with Gasteiger partial charge in [0.05, 0.1) is 9.95 Å². The molecule has 6 nitrogen and oxygen atoms in total. The van der Waals surface area contributed by atoms with Gasteiger partial charge in [-0.3, -0.25) is 10.1 Å². The first kappa shape index (κ1) is 11.9. The monoisotopic (exact) mass is 250 g/mol. The second-order valence-electron chi connectivity index (χ2n) is 2.82. The van der Waals surface area contributed by atoms with Crippen molar-refractivity contribution in [3.05, 3.63) is 32.8 Å². The van der Waals surface area contributed by atoms with E-state index in [0.29, 0.717) is 0 Å². The molecule has 8 heteroatoms. The quantitative estimate of drug-likeness (QED) is 0.629. The first-order chi connectivity index (χ1) is 6.75. The lowest BCUT2D eigenvalue weighted by Crippen LogP contribution is -2.14. The van der Waals surface area contributed by atoms with Gasteiger partial charge in [0.25, 0.3) is 5.69 Å². The van der Waals surface area contributed by atoms with Crippen LogP contribution in [0.25, 0.3) is 0 Å². The second-order valence-corrected chi connectivity index (χ2v) is 4.76. The lowest BCUT2D eigenvalue weighted by Gasteiger charge is -2.04. The summed E-state index contributed by atoms with van der Waals surface area (Å²) in [4.78, 5) is 9.32. The van der Waals surface area contributed by atoms with E-state index in [0.717, 1.165) is 6.07 Å². The average Bonchev–Trinajstić information content (AvgIpc) is 2.06. The normalized spacial score (nSPS) is 11.4. The summed E-state index contributed by atoms with van der Waals surface area (Å²) < 4.78 is 22.1. The first-order valence-electron chi connectivity index (χ1n) is 3.71. The molecule has 1 aromatic carbocycles. The highest BCUT2D eigenvalue weighted by Gasteiger charge is 2.26. The molecular formula is C7H7ClN2O4S. The van der Waals surface area contributed by atoms with Crippen molar-refractivity contribution in [2.24, 2.45) is 5.14 Å². The highest BCUT2D eigenvalue weighted by molar-refractivity contribution is 7.89. The number of nitro groups is 1. The van der Waals surface area contributed by atoms with Gasteiger partial charge in [0.1, 0.15) is 0 Å². The Bertz CT molecular complexity index is 526. The summed E-state index contributed by atoms with van der Waals surface area (Å²) in [6.45, 7) is 1.36. The molecule has 0 saturated heterocycles. The number of rotatable bonds is 2. The first-order valence-corrected chi connectivity index (χ1v) is 5.64. The van der Waals surface area contributed by atoms with Crippen LogP contribution in [0.1, 0.15) is 5.56 Å². The molecule has 2 N–H and O–H groups in total. The average molecular weight is 251 g/mol. The third kappa shape index (κ3) is 2.25. The number of benzene rings is 1. The Morgan fingerprint density at radius 3 is 2.40 bits per heavy atom. The Hall–Kier alpha value is -1.18. The Kier molecular flexibility index (Phi) is 2.98. The van der Waals surface area contributed by atoms with E-state index in [2.05, 4.69) is 0 Å². The molecule has 0 saturated carbocycles. The van der Waals surface area contributed by atoms with Gasteiger partial charge in [0.2, 0.25) is 10.0 Å². The highest BCUT2D eigenvalue weighted by atomic mass is 35.5. The van der Waals surface area contributed by atoms with E-state index in [4.69, 9.17) is 16.7 Å². The second kappa shape index (κ2) is 3.76. The topological polar surface area (TPSA) is 103 Å². The summed E-state index contributed by atoms with van der Waals surface area (Å²) in [7, 11) is -4.12. The fraction of sp³-hybridized carbons (Fsp3) is 0.143. The molecule has 15 heavy (non-hydrogen) atoms. The van der Waals surface area contributed by atoms with E-state index in [1.165, 1.54) is 13.0 Å². The van der Waals surface area contributed by atoms with E-state index < -0.39 is 25.5 Å². The molecule has 0 amide bonds. The molecular weight excluding hydrogens is 244 g/mol. The van der Waals surface area contributed by atoms with Gasteiger partial charge in [-0.15, -0.1) is 0 Å². The van der Waals surface area contributed by atoms with Crippen LogP contribution in [0.15, 0.2) is 17.0 Å². The summed E-state index contributed by atoms with van der Waals surface area (Å²) in [6, 6.07) is 2.27. The lowest BCUT2D eigenvalue weighted by molar-refractivity contribution is -0.388. The summed E-state index contributed by atoms with van der Waals surface area (Å²) >= 11 is 5.64. The van der Waals surface area contributed by atoms with Crippen LogP contribution in [0, 0.1) is 17.0 Å². The van der Waals surface area contributed by atoms with Crippen LogP contribution in [0.2, 0.25) is 5.02 Å². The summed E-state index contributed by atoms with van der Waals surface area (Å²) in [5, 5.41) is 15.6. The van der Waals surface area contributed by atoms with Gasteiger partial charge in [0, 0.05) is 5.56 Å². The largest absolute Gasteiger partial charge is 0.293 e. The molecule has 82 valence electrons. The van der Waals surface area contributed by atoms with Crippen LogP contribution >= 0.6 is 11.6 Å². The molecule has 1 aromatic rings. The SMILES string of the molecule is Cc1c(Cl)ccc(S(N)(=O)=O)c1[N+](=O)[O-]. The van der Waals surface area contributed by atoms with Gasteiger partial charge in [-0.25, -0.2) is 13.6 Å². The maximum atomic E-state index is 11.1. The van der Waals surface area contributed by atoms with E-state index in [-0.39, 0.29) is 10.6 Å². The zero-order valence-electron chi connectivity index (χ0n) is 7.60. The molecule has 0 aliphatic carbocycles. The van der Waals surface area contributed by atoms with Crippen molar-refractivity contribution >= 4 is 27.3 Å². The number of nitro benzene ring substituents is 1. The van der Waals surface area contributed by atoms with Crippen molar-refractivity contribution in [2.75, 3.05) is 0 Å². The Morgan fingerprint density at radius 1 is 1.47 bits per heavy atom. The van der Waals surface area contributed by atoms with E-state index >= 15 is 0 Å². The summed E-state index contributed by atoms with van der Waals surface area (Å²) in [6.07, 6.45) is 0. The number of primary sulfonamides is 1. The van der Waals surface area contributed by atoms with Crippen LogP contribution in [0.4, 0.5) is 5.69 Å². The summed E-state index contributed by atoms with van der Waals surface area (Å²) in [5.41, 5.74) is -0.502. The number of sulfonamides is 1. The Labute approximate surface area is 90.9 Å². The van der Waals surface area contributed by atoms with Crippen molar-refractivity contribution in [1.82, 2.24) is 0 Å². The predicted octanol–water partition coefficient (Wildman–Crippen LogP) is 1.20. The van der Waals surface area contributed by atoms with E-state index in [1.54, 1.807) is 0 Å². The van der Waals surface area contributed by atoms with Crippen molar-refractivity contribution in [3.8, 4) is 0 Å². The minimum Gasteiger partial charge on any atom is -0.258 e. The smallest absolute Gasteiger partial charge is 0.258 e. The van der Waals surface area contributed by atoms with E-state index in [9.17, 15) is 18.5 Å². The van der Waals surface area contributed by atoms with Crippen molar-refractivity contribution in [1.29, 1.82) is 0 Å². The maximum absolute atomic E-state index is 11.1. The third-order valence-electron chi connectivity index (χ3n) is 1.82. The van der Waals surface area contributed by atoms with Gasteiger partial charge in [-0.05, 0) is 19.1 Å². The lowest BCUT2D eigenvalue weighted by atomic mass is 10.2. The number of nitrogens with zero attached hydrogens (tertiary/aromatic N) is 1. The molecule has 0 fully saturated rings.